The highest BCUT2D eigenvalue weighted by atomic mass is 19.4. The fourth-order valence-corrected chi connectivity index (χ4v) is 3.94. The van der Waals surface area contributed by atoms with E-state index in [9.17, 15) is 44.3 Å². The molecule has 3 aromatic heterocycles. The molecule has 2 amide bonds. The molecule has 0 aliphatic heterocycles. The molecule has 1 N–H and O–H groups in total. The van der Waals surface area contributed by atoms with Crippen LogP contribution in [0.3, 0.4) is 0 Å². The topological polar surface area (TPSA) is 93.9 Å². The van der Waals surface area contributed by atoms with Gasteiger partial charge in [-0.15, -0.1) is 0 Å². The Labute approximate surface area is 226 Å². The molecule has 41 heavy (non-hydrogen) atoms. The van der Waals surface area contributed by atoms with Crippen LogP contribution in [0.25, 0.3) is 16.9 Å². The van der Waals surface area contributed by atoms with Gasteiger partial charge in [-0.3, -0.25) is 4.98 Å². The van der Waals surface area contributed by atoms with Gasteiger partial charge in [0.1, 0.15) is 11.8 Å². The second-order valence-electron chi connectivity index (χ2n) is 8.52. The number of nitrogens with one attached hydrogen (secondary N) is 1. The molecule has 0 saturated heterocycles. The summed E-state index contributed by atoms with van der Waals surface area (Å²) in [7, 11) is 2.52. The minimum absolute atomic E-state index is 0.000899. The van der Waals surface area contributed by atoms with Crippen molar-refractivity contribution < 1.29 is 53.8 Å². The molecule has 2 unspecified atom stereocenters. The molecule has 0 fully saturated rings. The molecule has 0 aliphatic rings. The number of hydrogen-bond donors (Lipinski definition) is 1. The summed E-state index contributed by atoms with van der Waals surface area (Å²) in [6, 6.07) is -4.13. The molecule has 0 saturated carbocycles. The summed E-state index contributed by atoms with van der Waals surface area (Å²) >= 11 is 0. The van der Waals surface area contributed by atoms with E-state index in [1.165, 1.54) is 42.4 Å². The van der Waals surface area contributed by atoms with E-state index in [0.717, 1.165) is 19.2 Å². The van der Waals surface area contributed by atoms with Gasteiger partial charge < -0.3 is 19.7 Å². The molecular weight excluding hydrogens is 579 g/mol. The lowest BCUT2D eigenvalue weighted by atomic mass is 10.1. The van der Waals surface area contributed by atoms with Crippen LogP contribution in [0.2, 0.25) is 0 Å². The average Bonchev–Trinajstić information content (AvgIpc) is 3.35. The minimum atomic E-state index is -5.36. The Balaban J connectivity index is 2.06. The number of aromatic nitrogens is 4. The summed E-state index contributed by atoms with van der Waals surface area (Å²) < 4.78 is 133. The summed E-state index contributed by atoms with van der Waals surface area (Å²) in [5.74, 6) is 0.110. The van der Waals surface area contributed by atoms with Crippen molar-refractivity contribution in [3.8, 4) is 22.9 Å². The number of fused-ring (bicyclic) bond motifs is 1. The van der Waals surface area contributed by atoms with Crippen molar-refractivity contribution >= 4 is 11.7 Å². The van der Waals surface area contributed by atoms with Gasteiger partial charge >= 0.3 is 24.6 Å². The summed E-state index contributed by atoms with van der Waals surface area (Å²) in [4.78, 5) is 20.8. The molecule has 0 aromatic carbocycles. The Hall–Kier alpha value is -3.99. The number of carbonyl (C=O) groups is 1. The van der Waals surface area contributed by atoms with Crippen LogP contribution in [0.5, 0.6) is 11.6 Å². The van der Waals surface area contributed by atoms with Crippen molar-refractivity contribution in [2.75, 3.05) is 20.8 Å². The van der Waals surface area contributed by atoms with E-state index in [1.807, 2.05) is 0 Å². The zero-order chi connectivity index (χ0) is 30.8. The van der Waals surface area contributed by atoms with E-state index < -0.39 is 61.7 Å². The number of rotatable bonds is 9. The van der Waals surface area contributed by atoms with Gasteiger partial charge in [0, 0.05) is 30.7 Å². The molecule has 0 bridgehead atoms. The number of methoxy groups -OCH3 is 2. The first-order valence-corrected chi connectivity index (χ1v) is 11.7. The zero-order valence-electron chi connectivity index (χ0n) is 21.5. The van der Waals surface area contributed by atoms with Crippen LogP contribution < -0.4 is 14.8 Å². The number of amides is 2. The van der Waals surface area contributed by atoms with Gasteiger partial charge in [0.2, 0.25) is 5.88 Å². The molecular formula is C23H23F9N6O3. The van der Waals surface area contributed by atoms with E-state index >= 15 is 0 Å². The predicted octanol–water partition coefficient (Wildman–Crippen LogP) is 5.72. The first kappa shape index (κ1) is 31.5. The van der Waals surface area contributed by atoms with Crippen molar-refractivity contribution in [3.05, 3.63) is 36.3 Å². The number of pyridine rings is 1. The first-order valence-electron chi connectivity index (χ1n) is 11.7. The minimum Gasteiger partial charge on any atom is -0.494 e. The number of alkyl halides is 9. The van der Waals surface area contributed by atoms with Crippen molar-refractivity contribution in [2.24, 2.45) is 0 Å². The maximum absolute atomic E-state index is 14.4. The SMILES string of the molecule is CCN(C(=O)NC(CCC(F)(F)F)C(F)(F)F)C(c1cc(-c2cc(OC)n3nccc3n2)c(OC)cn1)C(F)(F)F. The van der Waals surface area contributed by atoms with Crippen LogP contribution in [0, 0.1) is 0 Å². The number of ether oxygens (including phenoxy) is 2. The van der Waals surface area contributed by atoms with Crippen LogP contribution >= 0.6 is 0 Å². The van der Waals surface area contributed by atoms with E-state index in [4.69, 9.17) is 9.47 Å². The molecule has 3 rings (SSSR count). The molecule has 3 aromatic rings. The van der Waals surface area contributed by atoms with E-state index in [-0.39, 0.29) is 33.4 Å². The Bertz CT molecular complexity index is 1360. The molecule has 0 spiro atoms. The highest BCUT2D eigenvalue weighted by molar-refractivity contribution is 5.76. The van der Waals surface area contributed by atoms with Crippen molar-refractivity contribution in [1.29, 1.82) is 0 Å². The third-order valence-corrected chi connectivity index (χ3v) is 5.83. The highest BCUT2D eigenvalue weighted by Crippen LogP contribution is 2.40. The Kier molecular flexibility index (Phi) is 9.12. The van der Waals surface area contributed by atoms with Crippen LogP contribution in [-0.4, -0.2) is 75.8 Å². The lowest BCUT2D eigenvalue weighted by Gasteiger charge is -2.34. The third-order valence-electron chi connectivity index (χ3n) is 5.83. The Morgan fingerprint density at radius 2 is 1.73 bits per heavy atom. The number of urea groups is 1. The second kappa shape index (κ2) is 11.9. The van der Waals surface area contributed by atoms with Gasteiger partial charge in [-0.1, -0.05) is 0 Å². The fraction of sp³-hybridized carbons (Fsp3) is 0.478. The van der Waals surface area contributed by atoms with Crippen molar-refractivity contribution in [1.82, 2.24) is 29.8 Å². The average molecular weight is 602 g/mol. The number of halogens is 9. The third kappa shape index (κ3) is 7.40. The monoisotopic (exact) mass is 602 g/mol. The predicted molar refractivity (Wildman–Crippen MR) is 124 cm³/mol. The number of nitrogens with zero attached hydrogens (tertiary/aromatic N) is 5. The zero-order valence-corrected chi connectivity index (χ0v) is 21.5. The molecule has 3 heterocycles. The van der Waals surface area contributed by atoms with Crippen LogP contribution in [0.15, 0.2) is 30.6 Å². The molecule has 0 aliphatic carbocycles. The molecule has 2 atom stereocenters. The molecule has 18 heteroatoms. The van der Waals surface area contributed by atoms with E-state index in [2.05, 4.69) is 15.1 Å². The smallest absolute Gasteiger partial charge is 0.414 e. The van der Waals surface area contributed by atoms with Gasteiger partial charge in [-0.2, -0.15) is 49.1 Å². The van der Waals surface area contributed by atoms with Gasteiger partial charge in [-0.05, 0) is 19.4 Å². The molecule has 226 valence electrons. The summed E-state index contributed by atoms with van der Waals surface area (Å²) in [6.45, 7) is 0.276. The van der Waals surface area contributed by atoms with Crippen LogP contribution in [-0.2, 0) is 0 Å². The summed E-state index contributed by atoms with van der Waals surface area (Å²) in [5, 5.41) is 5.28. The highest BCUT2D eigenvalue weighted by Gasteiger charge is 2.49. The Morgan fingerprint density at radius 1 is 1.05 bits per heavy atom. The standard InChI is InChI=1S/C23H23F9N6O3/c1-4-37(20(39)36-16(22(27,28)29)5-7-21(24,25)26)19(23(30,31)32)14-9-12(15(40-2)11-33-14)13-10-18(41-3)38-17(35-13)6-8-34-38/h6,8-11,16,19H,4-5,7H2,1-3H3,(H,36,39). The quantitative estimate of drug-likeness (QED) is 0.315. The number of hydrogen-bond acceptors (Lipinski definition) is 6. The van der Waals surface area contributed by atoms with Crippen LogP contribution in [0.1, 0.15) is 31.5 Å². The lowest BCUT2D eigenvalue weighted by Crippen LogP contribution is -2.53. The van der Waals surface area contributed by atoms with Gasteiger partial charge in [0.15, 0.2) is 11.7 Å². The maximum atomic E-state index is 14.4. The first-order chi connectivity index (χ1) is 19.0. The van der Waals surface area contributed by atoms with E-state index in [0.29, 0.717) is 0 Å². The van der Waals surface area contributed by atoms with Crippen molar-refractivity contribution in [3.63, 3.8) is 0 Å². The van der Waals surface area contributed by atoms with Gasteiger partial charge in [0.05, 0.1) is 38.0 Å². The second-order valence-corrected chi connectivity index (χ2v) is 8.52. The van der Waals surface area contributed by atoms with Gasteiger partial charge in [0.25, 0.3) is 0 Å². The van der Waals surface area contributed by atoms with Gasteiger partial charge in [-0.25, -0.2) is 9.78 Å². The summed E-state index contributed by atoms with van der Waals surface area (Å²) in [6.07, 6.45) is -16.9. The molecule has 0 radical (unpaired) electrons. The number of carbonyl (C=O) groups excluding carboxylic acids is 1. The van der Waals surface area contributed by atoms with E-state index in [1.54, 1.807) is 0 Å². The Morgan fingerprint density at radius 3 is 2.27 bits per heavy atom. The van der Waals surface area contributed by atoms with Crippen molar-refractivity contribution in [2.45, 2.75) is 50.4 Å². The largest absolute Gasteiger partial charge is 0.494 e. The summed E-state index contributed by atoms with van der Waals surface area (Å²) in [5.41, 5.74) is -0.561. The van der Waals surface area contributed by atoms with Crippen LogP contribution in [0.4, 0.5) is 44.3 Å². The maximum Gasteiger partial charge on any atom is 0.414 e. The molecule has 9 nitrogen and oxygen atoms in total. The lowest BCUT2D eigenvalue weighted by molar-refractivity contribution is -0.182. The fourth-order valence-electron chi connectivity index (χ4n) is 3.94. The normalized spacial score (nSPS) is 14.0.